The molecular weight excluding hydrogens is 305 g/mol. The van der Waals surface area contributed by atoms with E-state index < -0.39 is 0 Å². The fraction of sp³-hybridized carbons (Fsp3) is 0.600. The lowest BCUT2D eigenvalue weighted by Crippen LogP contribution is -2.05. The van der Waals surface area contributed by atoms with Crippen LogP contribution in [-0.2, 0) is 4.74 Å². The van der Waals surface area contributed by atoms with Crippen molar-refractivity contribution < 1.29 is 4.74 Å². The first-order valence-electron chi connectivity index (χ1n) is 5.03. The highest BCUT2D eigenvalue weighted by Gasteiger charge is 1.94. The van der Waals surface area contributed by atoms with Gasteiger partial charge in [-0.05, 0) is 41.9 Å². The SMILES string of the molecule is COCCCCCNc1ncc(I)cn1. The van der Waals surface area contributed by atoms with Crippen molar-refractivity contribution in [1.82, 2.24) is 9.97 Å². The normalized spacial score (nSPS) is 10.3. The van der Waals surface area contributed by atoms with Crippen LogP contribution in [0.25, 0.3) is 0 Å². The summed E-state index contributed by atoms with van der Waals surface area (Å²) in [6, 6.07) is 0. The van der Waals surface area contributed by atoms with E-state index in [-0.39, 0.29) is 0 Å². The van der Waals surface area contributed by atoms with Gasteiger partial charge in [0.25, 0.3) is 0 Å². The predicted octanol–water partition coefficient (Wildman–Crippen LogP) is 2.31. The first kappa shape index (κ1) is 12.6. The Morgan fingerprint density at radius 3 is 2.67 bits per heavy atom. The standard InChI is InChI=1S/C10H16IN3O/c1-15-6-4-2-3-5-12-10-13-7-9(11)8-14-10/h7-8H,2-6H2,1H3,(H,12,13,14). The number of rotatable bonds is 7. The van der Waals surface area contributed by atoms with Gasteiger partial charge in [-0.2, -0.15) is 0 Å². The Hall–Kier alpha value is -0.430. The molecule has 0 fully saturated rings. The Labute approximate surface area is 104 Å². The molecule has 1 rings (SSSR count). The van der Waals surface area contributed by atoms with Gasteiger partial charge in [0.15, 0.2) is 0 Å². The lowest BCUT2D eigenvalue weighted by atomic mass is 10.2. The van der Waals surface area contributed by atoms with E-state index in [0.29, 0.717) is 5.95 Å². The van der Waals surface area contributed by atoms with Gasteiger partial charge in [0.2, 0.25) is 5.95 Å². The van der Waals surface area contributed by atoms with Gasteiger partial charge in [-0.1, -0.05) is 0 Å². The van der Waals surface area contributed by atoms with E-state index in [9.17, 15) is 0 Å². The molecule has 1 heterocycles. The number of hydrogen-bond donors (Lipinski definition) is 1. The van der Waals surface area contributed by atoms with E-state index in [4.69, 9.17) is 4.74 Å². The Morgan fingerprint density at radius 1 is 1.27 bits per heavy atom. The van der Waals surface area contributed by atoms with Crippen molar-refractivity contribution in [2.75, 3.05) is 25.6 Å². The molecule has 0 aromatic carbocycles. The zero-order chi connectivity index (χ0) is 10.9. The average Bonchev–Trinajstić information content (AvgIpc) is 2.26. The number of ether oxygens (including phenoxy) is 1. The molecule has 0 radical (unpaired) electrons. The van der Waals surface area contributed by atoms with Crippen molar-refractivity contribution >= 4 is 28.5 Å². The lowest BCUT2D eigenvalue weighted by molar-refractivity contribution is 0.192. The minimum atomic E-state index is 0.710. The molecule has 4 nitrogen and oxygen atoms in total. The average molecular weight is 321 g/mol. The van der Waals surface area contributed by atoms with E-state index in [1.165, 1.54) is 6.42 Å². The Morgan fingerprint density at radius 2 is 2.00 bits per heavy atom. The Kier molecular flexibility index (Phi) is 6.58. The van der Waals surface area contributed by atoms with Crippen LogP contribution in [0.2, 0.25) is 0 Å². The maximum atomic E-state index is 4.97. The second-order valence-electron chi connectivity index (χ2n) is 3.21. The minimum Gasteiger partial charge on any atom is -0.385 e. The number of methoxy groups -OCH3 is 1. The summed E-state index contributed by atoms with van der Waals surface area (Å²) in [6.45, 7) is 1.77. The van der Waals surface area contributed by atoms with Crippen molar-refractivity contribution in [3.05, 3.63) is 16.0 Å². The molecule has 1 N–H and O–H groups in total. The molecule has 0 aliphatic carbocycles. The van der Waals surface area contributed by atoms with E-state index in [2.05, 4.69) is 37.9 Å². The van der Waals surface area contributed by atoms with Gasteiger partial charge in [0.05, 0.1) is 0 Å². The maximum Gasteiger partial charge on any atom is 0.222 e. The second kappa shape index (κ2) is 7.81. The zero-order valence-corrected chi connectivity index (χ0v) is 11.0. The third-order valence-corrected chi connectivity index (χ3v) is 2.49. The van der Waals surface area contributed by atoms with Crippen LogP contribution in [0.15, 0.2) is 12.4 Å². The van der Waals surface area contributed by atoms with Crippen LogP contribution in [0.5, 0.6) is 0 Å². The molecule has 0 aliphatic rings. The molecule has 0 aliphatic heterocycles. The fourth-order valence-corrected chi connectivity index (χ4v) is 1.43. The molecule has 0 spiro atoms. The van der Waals surface area contributed by atoms with Crippen LogP contribution in [0, 0.1) is 3.57 Å². The van der Waals surface area contributed by atoms with Crippen LogP contribution in [-0.4, -0.2) is 30.2 Å². The number of aromatic nitrogens is 2. The minimum absolute atomic E-state index is 0.710. The molecule has 0 unspecified atom stereocenters. The number of anilines is 1. The molecular formula is C10H16IN3O. The van der Waals surface area contributed by atoms with Gasteiger partial charge in [-0.3, -0.25) is 0 Å². The van der Waals surface area contributed by atoms with Crippen molar-refractivity contribution in [3.8, 4) is 0 Å². The van der Waals surface area contributed by atoms with E-state index in [1.54, 1.807) is 19.5 Å². The molecule has 0 atom stereocenters. The first-order chi connectivity index (χ1) is 7.33. The summed E-state index contributed by atoms with van der Waals surface area (Å²) in [7, 11) is 1.73. The summed E-state index contributed by atoms with van der Waals surface area (Å²) in [5.41, 5.74) is 0. The number of halogens is 1. The number of nitrogens with one attached hydrogen (secondary N) is 1. The summed E-state index contributed by atoms with van der Waals surface area (Å²) >= 11 is 2.19. The first-order valence-corrected chi connectivity index (χ1v) is 6.11. The number of hydrogen-bond acceptors (Lipinski definition) is 4. The third kappa shape index (κ3) is 5.88. The molecule has 1 aromatic heterocycles. The van der Waals surface area contributed by atoms with Gasteiger partial charge in [0, 0.05) is 36.2 Å². The Balaban J connectivity index is 2.07. The third-order valence-electron chi connectivity index (χ3n) is 1.93. The highest BCUT2D eigenvalue weighted by atomic mass is 127. The highest BCUT2D eigenvalue weighted by Crippen LogP contribution is 2.03. The van der Waals surface area contributed by atoms with E-state index in [1.807, 2.05) is 0 Å². The van der Waals surface area contributed by atoms with Gasteiger partial charge in [-0.15, -0.1) is 0 Å². The van der Waals surface area contributed by atoms with Crippen LogP contribution in [0.1, 0.15) is 19.3 Å². The van der Waals surface area contributed by atoms with Crippen LogP contribution < -0.4 is 5.32 Å². The summed E-state index contributed by atoms with van der Waals surface area (Å²) < 4.78 is 6.03. The molecule has 84 valence electrons. The molecule has 0 amide bonds. The number of nitrogens with zero attached hydrogens (tertiary/aromatic N) is 2. The quantitative estimate of drug-likeness (QED) is 0.618. The molecule has 1 aromatic rings. The number of unbranched alkanes of at least 4 members (excludes halogenated alkanes) is 2. The van der Waals surface area contributed by atoms with E-state index >= 15 is 0 Å². The zero-order valence-electron chi connectivity index (χ0n) is 8.87. The molecule has 15 heavy (non-hydrogen) atoms. The summed E-state index contributed by atoms with van der Waals surface area (Å²) in [6.07, 6.45) is 7.03. The van der Waals surface area contributed by atoms with Crippen molar-refractivity contribution in [2.24, 2.45) is 0 Å². The predicted molar refractivity (Wildman–Crippen MR) is 69.0 cm³/mol. The summed E-state index contributed by atoms with van der Waals surface area (Å²) in [5, 5.41) is 3.18. The van der Waals surface area contributed by atoms with Crippen LogP contribution >= 0.6 is 22.6 Å². The molecule has 0 saturated heterocycles. The van der Waals surface area contributed by atoms with Crippen LogP contribution in [0.4, 0.5) is 5.95 Å². The maximum absolute atomic E-state index is 4.97. The summed E-state index contributed by atoms with van der Waals surface area (Å²) in [5.74, 6) is 0.710. The van der Waals surface area contributed by atoms with Gasteiger partial charge < -0.3 is 10.1 Å². The van der Waals surface area contributed by atoms with Crippen LogP contribution in [0.3, 0.4) is 0 Å². The fourth-order valence-electron chi connectivity index (χ4n) is 1.15. The van der Waals surface area contributed by atoms with Gasteiger partial charge >= 0.3 is 0 Å². The van der Waals surface area contributed by atoms with Gasteiger partial charge in [-0.25, -0.2) is 9.97 Å². The van der Waals surface area contributed by atoms with Gasteiger partial charge in [0.1, 0.15) is 0 Å². The lowest BCUT2D eigenvalue weighted by Gasteiger charge is -2.03. The van der Waals surface area contributed by atoms with Crippen molar-refractivity contribution in [1.29, 1.82) is 0 Å². The second-order valence-corrected chi connectivity index (χ2v) is 4.45. The molecule has 5 heteroatoms. The van der Waals surface area contributed by atoms with Crippen molar-refractivity contribution in [2.45, 2.75) is 19.3 Å². The molecule has 0 saturated carbocycles. The molecule has 0 bridgehead atoms. The Bertz CT molecular complexity index is 266. The smallest absolute Gasteiger partial charge is 0.222 e. The topological polar surface area (TPSA) is 47.0 Å². The van der Waals surface area contributed by atoms with E-state index in [0.717, 1.165) is 29.6 Å². The highest BCUT2D eigenvalue weighted by molar-refractivity contribution is 14.1. The largest absolute Gasteiger partial charge is 0.385 e. The summed E-state index contributed by atoms with van der Waals surface area (Å²) in [4.78, 5) is 8.32. The monoisotopic (exact) mass is 321 g/mol. The van der Waals surface area contributed by atoms with Crippen molar-refractivity contribution in [3.63, 3.8) is 0 Å².